The second kappa shape index (κ2) is 7.55. The van der Waals surface area contributed by atoms with E-state index in [0.29, 0.717) is 5.69 Å². The minimum absolute atomic E-state index is 0.0000357. The first-order chi connectivity index (χ1) is 11.4. The number of anilines is 2. The predicted octanol–water partition coefficient (Wildman–Crippen LogP) is 1.25. The Balaban J connectivity index is 1.91. The monoisotopic (exact) mass is 348 g/mol. The first-order valence-corrected chi connectivity index (χ1v) is 8.79. The van der Waals surface area contributed by atoms with E-state index in [1.165, 1.54) is 18.3 Å². The number of pyridine rings is 1. The van der Waals surface area contributed by atoms with Crippen LogP contribution >= 0.6 is 0 Å². The van der Waals surface area contributed by atoms with Crippen molar-refractivity contribution in [2.75, 3.05) is 23.4 Å². The lowest BCUT2D eigenvalue weighted by molar-refractivity contribution is -0.115. The van der Waals surface area contributed by atoms with Crippen molar-refractivity contribution in [2.24, 2.45) is 0 Å². The summed E-state index contributed by atoms with van der Waals surface area (Å²) in [5, 5.41) is 7.32. The van der Waals surface area contributed by atoms with Crippen molar-refractivity contribution in [2.45, 2.75) is 4.90 Å². The maximum atomic E-state index is 11.8. The molecule has 9 heteroatoms. The summed E-state index contributed by atoms with van der Waals surface area (Å²) in [6.07, 6.45) is 4.09. The normalized spacial score (nSPS) is 10.7. The van der Waals surface area contributed by atoms with Gasteiger partial charge in [-0.3, -0.25) is 9.78 Å². The summed E-state index contributed by atoms with van der Waals surface area (Å²) in [7, 11) is -3.48. The molecule has 2 aromatic rings. The Kier molecular flexibility index (Phi) is 5.48. The number of amides is 3. The molecule has 0 aliphatic rings. The summed E-state index contributed by atoms with van der Waals surface area (Å²) in [4.78, 5) is 27.4. The maximum Gasteiger partial charge on any atom is 0.319 e. The number of rotatable bonds is 5. The lowest BCUT2D eigenvalue weighted by atomic mass is 10.3. The number of carbonyl (C=O) groups excluding carboxylic acids is 2. The van der Waals surface area contributed by atoms with E-state index in [2.05, 4.69) is 20.9 Å². The summed E-state index contributed by atoms with van der Waals surface area (Å²) < 4.78 is 23.3. The minimum Gasteiger partial charge on any atom is -0.329 e. The first-order valence-electron chi connectivity index (χ1n) is 6.90. The number of carbonyl (C=O) groups is 2. The van der Waals surface area contributed by atoms with E-state index in [1.807, 2.05) is 0 Å². The molecule has 3 amide bonds. The zero-order valence-corrected chi connectivity index (χ0v) is 13.6. The molecule has 8 nitrogen and oxygen atoms in total. The van der Waals surface area contributed by atoms with E-state index in [-0.39, 0.29) is 17.1 Å². The van der Waals surface area contributed by atoms with Crippen molar-refractivity contribution < 1.29 is 18.0 Å². The minimum atomic E-state index is -3.48. The Bertz CT molecular complexity index is 838. The average molecular weight is 348 g/mol. The third-order valence-corrected chi connectivity index (χ3v) is 4.04. The van der Waals surface area contributed by atoms with Gasteiger partial charge in [0.15, 0.2) is 9.84 Å². The van der Waals surface area contributed by atoms with Crippen molar-refractivity contribution in [3.63, 3.8) is 0 Å². The molecular weight excluding hydrogens is 332 g/mol. The van der Waals surface area contributed by atoms with Gasteiger partial charge in [-0.15, -0.1) is 0 Å². The zero-order chi connectivity index (χ0) is 17.6. The third-order valence-electron chi connectivity index (χ3n) is 2.89. The van der Waals surface area contributed by atoms with Crippen LogP contribution in [0.4, 0.5) is 16.2 Å². The molecule has 24 heavy (non-hydrogen) atoms. The van der Waals surface area contributed by atoms with Gasteiger partial charge in [0.1, 0.15) is 0 Å². The molecule has 1 aromatic heterocycles. The average Bonchev–Trinajstić information content (AvgIpc) is 2.53. The van der Waals surface area contributed by atoms with Crippen LogP contribution in [-0.4, -0.2) is 38.1 Å². The van der Waals surface area contributed by atoms with Gasteiger partial charge in [0.25, 0.3) is 0 Å². The maximum absolute atomic E-state index is 11.8. The van der Waals surface area contributed by atoms with Gasteiger partial charge in [-0.25, -0.2) is 13.2 Å². The first kappa shape index (κ1) is 17.4. The van der Waals surface area contributed by atoms with Gasteiger partial charge in [0.2, 0.25) is 5.91 Å². The standard InChI is InChI=1S/C15H16N4O4S/c1-24(22,23)13-7-3-2-6-12(13)19-15(21)17-10-14(20)18-11-5-4-8-16-9-11/h2-9H,10H2,1H3,(H,18,20)(H2,17,19,21). The van der Waals surface area contributed by atoms with Crippen LogP contribution in [0.5, 0.6) is 0 Å². The highest BCUT2D eigenvalue weighted by atomic mass is 32.2. The number of nitrogens with zero attached hydrogens (tertiary/aromatic N) is 1. The number of urea groups is 1. The molecule has 0 saturated heterocycles. The number of aromatic nitrogens is 1. The highest BCUT2D eigenvalue weighted by molar-refractivity contribution is 7.90. The molecule has 0 spiro atoms. The molecule has 0 radical (unpaired) electrons. The molecule has 126 valence electrons. The van der Waals surface area contributed by atoms with Gasteiger partial charge in [-0.2, -0.15) is 0 Å². The number of benzene rings is 1. The molecule has 2 rings (SSSR count). The fraction of sp³-hybridized carbons (Fsp3) is 0.133. The SMILES string of the molecule is CS(=O)(=O)c1ccccc1NC(=O)NCC(=O)Nc1cccnc1. The van der Waals surface area contributed by atoms with Gasteiger partial charge in [0, 0.05) is 12.5 Å². The number of nitrogens with one attached hydrogen (secondary N) is 3. The van der Waals surface area contributed by atoms with E-state index in [1.54, 1.807) is 30.5 Å². The topological polar surface area (TPSA) is 117 Å². The molecular formula is C15H16N4O4S. The number of hydrogen-bond donors (Lipinski definition) is 3. The highest BCUT2D eigenvalue weighted by Crippen LogP contribution is 2.20. The van der Waals surface area contributed by atoms with Crippen LogP contribution in [-0.2, 0) is 14.6 Å². The van der Waals surface area contributed by atoms with Crippen LogP contribution in [0.25, 0.3) is 0 Å². The van der Waals surface area contributed by atoms with Gasteiger partial charge >= 0.3 is 6.03 Å². The zero-order valence-electron chi connectivity index (χ0n) is 12.8. The van der Waals surface area contributed by atoms with Crippen LogP contribution in [0.3, 0.4) is 0 Å². The quantitative estimate of drug-likeness (QED) is 0.751. The Morgan fingerprint density at radius 3 is 2.50 bits per heavy atom. The second-order valence-corrected chi connectivity index (χ2v) is 6.85. The van der Waals surface area contributed by atoms with Crippen LogP contribution in [0, 0.1) is 0 Å². The molecule has 0 fully saturated rings. The van der Waals surface area contributed by atoms with Crippen molar-refractivity contribution in [1.29, 1.82) is 0 Å². The Morgan fingerprint density at radius 1 is 1.08 bits per heavy atom. The van der Waals surface area contributed by atoms with Crippen molar-refractivity contribution >= 4 is 33.2 Å². The molecule has 0 atom stereocenters. The molecule has 0 bridgehead atoms. The lowest BCUT2D eigenvalue weighted by Crippen LogP contribution is -2.36. The third kappa shape index (κ3) is 5.06. The number of hydrogen-bond acceptors (Lipinski definition) is 5. The fourth-order valence-electron chi connectivity index (χ4n) is 1.86. The van der Waals surface area contributed by atoms with Crippen LogP contribution in [0.1, 0.15) is 0 Å². The second-order valence-electron chi connectivity index (χ2n) is 4.87. The largest absolute Gasteiger partial charge is 0.329 e. The van der Waals surface area contributed by atoms with Crippen molar-refractivity contribution in [3.8, 4) is 0 Å². The Labute approximate surface area is 139 Å². The van der Waals surface area contributed by atoms with Crippen LogP contribution in [0.15, 0.2) is 53.7 Å². The Morgan fingerprint density at radius 2 is 1.83 bits per heavy atom. The highest BCUT2D eigenvalue weighted by Gasteiger charge is 2.14. The van der Waals surface area contributed by atoms with E-state index in [9.17, 15) is 18.0 Å². The summed E-state index contributed by atoms with van der Waals surface area (Å²) in [6, 6.07) is 8.64. The molecule has 1 heterocycles. The van der Waals surface area contributed by atoms with Crippen molar-refractivity contribution in [3.05, 3.63) is 48.8 Å². The van der Waals surface area contributed by atoms with E-state index >= 15 is 0 Å². The van der Waals surface area contributed by atoms with Gasteiger partial charge in [-0.1, -0.05) is 12.1 Å². The molecule has 0 aliphatic carbocycles. The molecule has 0 unspecified atom stereocenters. The fourth-order valence-corrected chi connectivity index (χ4v) is 2.71. The lowest BCUT2D eigenvalue weighted by Gasteiger charge is -2.11. The van der Waals surface area contributed by atoms with E-state index in [0.717, 1.165) is 6.26 Å². The van der Waals surface area contributed by atoms with Gasteiger partial charge in [-0.05, 0) is 24.3 Å². The Hall–Kier alpha value is -2.94. The molecule has 0 saturated carbocycles. The summed E-state index contributed by atoms with van der Waals surface area (Å²) in [5.41, 5.74) is 0.650. The molecule has 1 aromatic carbocycles. The van der Waals surface area contributed by atoms with Crippen LogP contribution < -0.4 is 16.0 Å². The number of para-hydroxylation sites is 1. The van der Waals surface area contributed by atoms with Crippen LogP contribution in [0.2, 0.25) is 0 Å². The van der Waals surface area contributed by atoms with Gasteiger partial charge in [0.05, 0.1) is 29.0 Å². The van der Waals surface area contributed by atoms with Gasteiger partial charge < -0.3 is 16.0 Å². The number of sulfone groups is 1. The van der Waals surface area contributed by atoms with E-state index < -0.39 is 21.8 Å². The predicted molar refractivity (Wildman–Crippen MR) is 89.4 cm³/mol. The molecule has 0 aliphatic heterocycles. The van der Waals surface area contributed by atoms with Crippen molar-refractivity contribution in [1.82, 2.24) is 10.3 Å². The summed E-state index contributed by atoms with van der Waals surface area (Å²) in [5.74, 6) is -0.436. The summed E-state index contributed by atoms with van der Waals surface area (Å²) in [6.45, 7) is -0.276. The smallest absolute Gasteiger partial charge is 0.319 e. The van der Waals surface area contributed by atoms with E-state index in [4.69, 9.17) is 0 Å². The molecule has 3 N–H and O–H groups in total. The summed E-state index contributed by atoms with van der Waals surface area (Å²) >= 11 is 0.